The quantitative estimate of drug-likeness (QED) is 0.768. The Balaban J connectivity index is 2.70. The predicted octanol–water partition coefficient (Wildman–Crippen LogP) is 0.541. The lowest BCUT2D eigenvalue weighted by molar-refractivity contribution is -0.141. The summed E-state index contributed by atoms with van der Waals surface area (Å²) < 4.78 is 30.2. The first-order chi connectivity index (χ1) is 8.98. The highest BCUT2D eigenvalue weighted by atomic mass is 32.2. The van der Waals surface area contributed by atoms with Crippen LogP contribution in [0.2, 0.25) is 0 Å². The van der Waals surface area contributed by atoms with Crippen LogP contribution in [0.1, 0.15) is 18.1 Å². The van der Waals surface area contributed by atoms with E-state index in [4.69, 9.17) is 5.26 Å². The molecule has 0 spiro atoms. The molecule has 1 aromatic rings. The first kappa shape index (κ1) is 15.1. The van der Waals surface area contributed by atoms with Crippen molar-refractivity contribution in [3.8, 4) is 6.07 Å². The zero-order valence-corrected chi connectivity index (χ0v) is 11.2. The number of rotatable bonds is 6. The maximum absolute atomic E-state index is 11.7. The van der Waals surface area contributed by atoms with E-state index >= 15 is 0 Å². The Morgan fingerprint density at radius 2 is 2.11 bits per heavy atom. The van der Waals surface area contributed by atoms with Crippen LogP contribution in [0.25, 0.3) is 0 Å². The number of benzene rings is 1. The van der Waals surface area contributed by atoms with Gasteiger partial charge >= 0.3 is 5.97 Å². The number of ether oxygens (including phenoxy) is 1. The van der Waals surface area contributed by atoms with Crippen LogP contribution in [-0.2, 0) is 25.3 Å². The van der Waals surface area contributed by atoms with Gasteiger partial charge in [-0.1, -0.05) is 18.2 Å². The lowest BCUT2D eigenvalue weighted by Crippen LogP contribution is -2.31. The monoisotopic (exact) mass is 282 g/mol. The second kappa shape index (κ2) is 6.87. The summed E-state index contributed by atoms with van der Waals surface area (Å²) in [6.07, 6.45) is 0. The Kier molecular flexibility index (Phi) is 5.48. The van der Waals surface area contributed by atoms with Gasteiger partial charge < -0.3 is 4.74 Å². The normalized spacial score (nSPS) is 10.7. The Morgan fingerprint density at radius 1 is 1.42 bits per heavy atom. The second-order valence-corrected chi connectivity index (χ2v) is 5.46. The van der Waals surface area contributed by atoms with Crippen LogP contribution >= 0.6 is 0 Å². The van der Waals surface area contributed by atoms with E-state index in [0.717, 1.165) is 0 Å². The molecule has 0 radical (unpaired) electrons. The number of nitriles is 1. The zero-order valence-electron chi connectivity index (χ0n) is 10.4. The van der Waals surface area contributed by atoms with Crippen molar-refractivity contribution in [3.63, 3.8) is 0 Å². The summed E-state index contributed by atoms with van der Waals surface area (Å²) in [5, 5.41) is 8.86. The van der Waals surface area contributed by atoms with E-state index in [2.05, 4.69) is 9.46 Å². The molecule has 6 nitrogen and oxygen atoms in total. The minimum Gasteiger partial charge on any atom is -0.465 e. The fourth-order valence-corrected chi connectivity index (χ4v) is 2.49. The standard InChI is InChI=1S/C12H14N2O4S/c1-2-18-12(15)8-14-19(16,17)9-11-6-4-3-5-10(11)7-13/h3-6,14H,2,8-9H2,1H3. The van der Waals surface area contributed by atoms with Crippen molar-refractivity contribution < 1.29 is 17.9 Å². The van der Waals surface area contributed by atoms with E-state index in [1.807, 2.05) is 6.07 Å². The van der Waals surface area contributed by atoms with Gasteiger partial charge in [0, 0.05) is 0 Å². The minimum absolute atomic E-state index is 0.192. The van der Waals surface area contributed by atoms with Gasteiger partial charge in [-0.05, 0) is 18.6 Å². The van der Waals surface area contributed by atoms with Gasteiger partial charge in [0.15, 0.2) is 0 Å². The molecule has 102 valence electrons. The molecule has 0 heterocycles. The number of sulfonamides is 1. The summed E-state index contributed by atoms with van der Waals surface area (Å²) in [7, 11) is -3.68. The maximum atomic E-state index is 11.7. The molecule has 0 fully saturated rings. The van der Waals surface area contributed by atoms with Gasteiger partial charge in [0.25, 0.3) is 0 Å². The van der Waals surface area contributed by atoms with Crippen molar-refractivity contribution in [2.24, 2.45) is 0 Å². The SMILES string of the molecule is CCOC(=O)CNS(=O)(=O)Cc1ccccc1C#N. The number of esters is 1. The van der Waals surface area contributed by atoms with Gasteiger partial charge in [0.2, 0.25) is 10.0 Å². The van der Waals surface area contributed by atoms with E-state index in [9.17, 15) is 13.2 Å². The highest BCUT2D eigenvalue weighted by Gasteiger charge is 2.15. The Morgan fingerprint density at radius 3 is 2.74 bits per heavy atom. The van der Waals surface area contributed by atoms with E-state index in [1.165, 1.54) is 6.07 Å². The first-order valence-corrected chi connectivity index (χ1v) is 7.24. The molecule has 0 aliphatic heterocycles. The van der Waals surface area contributed by atoms with E-state index in [0.29, 0.717) is 11.1 Å². The Bertz CT molecular complexity index is 590. The van der Waals surface area contributed by atoms with Crippen molar-refractivity contribution in [2.45, 2.75) is 12.7 Å². The van der Waals surface area contributed by atoms with Crippen LogP contribution in [0, 0.1) is 11.3 Å². The number of hydrogen-bond acceptors (Lipinski definition) is 5. The van der Waals surface area contributed by atoms with Crippen molar-refractivity contribution in [2.75, 3.05) is 13.2 Å². The van der Waals surface area contributed by atoms with E-state index in [1.54, 1.807) is 25.1 Å². The Labute approximate surface area is 112 Å². The minimum atomic E-state index is -3.68. The van der Waals surface area contributed by atoms with Crippen LogP contribution in [0.5, 0.6) is 0 Å². The van der Waals surface area contributed by atoms with Gasteiger partial charge in [0.05, 0.1) is 24.0 Å². The van der Waals surface area contributed by atoms with Crippen molar-refractivity contribution >= 4 is 16.0 Å². The highest BCUT2D eigenvalue weighted by Crippen LogP contribution is 2.10. The fourth-order valence-electron chi connectivity index (χ4n) is 1.39. The van der Waals surface area contributed by atoms with Gasteiger partial charge in [-0.15, -0.1) is 0 Å². The lowest BCUT2D eigenvalue weighted by atomic mass is 10.1. The molecule has 0 amide bonds. The molecule has 19 heavy (non-hydrogen) atoms. The van der Waals surface area contributed by atoms with Gasteiger partial charge in [0.1, 0.15) is 6.54 Å². The molecule has 1 aromatic carbocycles. The van der Waals surface area contributed by atoms with Crippen LogP contribution in [-0.4, -0.2) is 27.5 Å². The van der Waals surface area contributed by atoms with Crippen LogP contribution < -0.4 is 4.72 Å². The molecule has 0 saturated heterocycles. The third-order valence-electron chi connectivity index (χ3n) is 2.23. The number of nitrogens with one attached hydrogen (secondary N) is 1. The smallest absolute Gasteiger partial charge is 0.320 e. The molecular weight excluding hydrogens is 268 g/mol. The third kappa shape index (κ3) is 5.07. The first-order valence-electron chi connectivity index (χ1n) is 5.59. The predicted molar refractivity (Wildman–Crippen MR) is 68.4 cm³/mol. The number of carbonyl (C=O) groups excluding carboxylic acids is 1. The zero-order chi connectivity index (χ0) is 14.3. The van der Waals surface area contributed by atoms with Crippen LogP contribution in [0.15, 0.2) is 24.3 Å². The van der Waals surface area contributed by atoms with E-state index < -0.39 is 22.5 Å². The second-order valence-electron chi connectivity index (χ2n) is 3.65. The molecule has 1 N–H and O–H groups in total. The number of nitrogens with zero attached hydrogens (tertiary/aromatic N) is 1. The summed E-state index contributed by atoms with van der Waals surface area (Å²) in [4.78, 5) is 11.1. The molecule has 1 rings (SSSR count). The third-order valence-corrected chi connectivity index (χ3v) is 3.50. The topological polar surface area (TPSA) is 96.3 Å². The highest BCUT2D eigenvalue weighted by molar-refractivity contribution is 7.88. The average molecular weight is 282 g/mol. The molecule has 0 atom stereocenters. The summed E-state index contributed by atoms with van der Waals surface area (Å²) in [5.74, 6) is -0.990. The molecule has 0 aliphatic carbocycles. The molecular formula is C12H14N2O4S. The molecule has 0 bridgehead atoms. The maximum Gasteiger partial charge on any atom is 0.320 e. The van der Waals surface area contributed by atoms with Gasteiger partial charge in [-0.3, -0.25) is 4.79 Å². The Hall–Kier alpha value is -1.91. The van der Waals surface area contributed by atoms with Crippen LogP contribution in [0.4, 0.5) is 0 Å². The molecule has 0 aliphatic rings. The molecule has 0 saturated carbocycles. The van der Waals surface area contributed by atoms with Gasteiger partial charge in [-0.25, -0.2) is 13.1 Å². The van der Waals surface area contributed by atoms with E-state index in [-0.39, 0.29) is 12.4 Å². The molecule has 0 aromatic heterocycles. The average Bonchev–Trinajstić information content (AvgIpc) is 2.37. The summed E-state index contributed by atoms with van der Waals surface area (Å²) in [6.45, 7) is 1.41. The van der Waals surface area contributed by atoms with Crippen molar-refractivity contribution in [1.82, 2.24) is 4.72 Å². The largest absolute Gasteiger partial charge is 0.465 e. The lowest BCUT2D eigenvalue weighted by Gasteiger charge is -2.07. The number of carbonyl (C=O) groups is 1. The van der Waals surface area contributed by atoms with Gasteiger partial charge in [-0.2, -0.15) is 5.26 Å². The summed E-state index contributed by atoms with van der Waals surface area (Å²) in [5.41, 5.74) is 0.686. The van der Waals surface area contributed by atoms with Crippen molar-refractivity contribution in [1.29, 1.82) is 5.26 Å². The number of hydrogen-bond donors (Lipinski definition) is 1. The summed E-state index contributed by atoms with van der Waals surface area (Å²) >= 11 is 0. The molecule has 7 heteroatoms. The fraction of sp³-hybridized carbons (Fsp3) is 0.333. The van der Waals surface area contributed by atoms with Crippen molar-refractivity contribution in [3.05, 3.63) is 35.4 Å². The van der Waals surface area contributed by atoms with Crippen LogP contribution in [0.3, 0.4) is 0 Å². The summed E-state index contributed by atoms with van der Waals surface area (Å²) in [6, 6.07) is 8.32. The molecule has 0 unspecified atom stereocenters.